The number of halogens is 1. The minimum atomic E-state index is -0.660. The quantitative estimate of drug-likeness (QED) is 0.410. The monoisotopic (exact) mass is 410 g/mol. The third-order valence-corrected chi connectivity index (χ3v) is 7.89. The zero-order valence-electron chi connectivity index (χ0n) is 13.2. The molecule has 118 valence electrons. The molecule has 0 aromatic heterocycles. The maximum Gasteiger partial charge on any atom is 0.248 e. The van der Waals surface area contributed by atoms with Crippen LogP contribution in [0.4, 0.5) is 0 Å². The standard InChI is InChI=1S/C17H31IOS/c1-3-16(14-7-5-4-6-8-14)15-9-11-17(2,12-10-15)13-20(18)19/h14-16H,3-13H2,1-2H3/t15?,16-,17?,20?/m1/s1. The van der Waals surface area contributed by atoms with Crippen LogP contribution in [0.1, 0.15) is 78.1 Å². The van der Waals surface area contributed by atoms with Crippen molar-refractivity contribution < 1.29 is 4.55 Å². The first-order chi connectivity index (χ1) is 9.54. The van der Waals surface area contributed by atoms with Crippen LogP contribution in [0.5, 0.6) is 0 Å². The molecule has 0 N–H and O–H groups in total. The smallest absolute Gasteiger partial charge is 0.248 e. The summed E-state index contributed by atoms with van der Waals surface area (Å²) in [6.45, 7) is 4.77. The molecule has 0 heterocycles. The van der Waals surface area contributed by atoms with Crippen LogP contribution in [0.25, 0.3) is 0 Å². The normalized spacial score (nSPS) is 35.7. The summed E-state index contributed by atoms with van der Waals surface area (Å²) in [5.74, 6) is 3.85. The van der Waals surface area contributed by atoms with E-state index in [0.29, 0.717) is 5.41 Å². The summed E-state index contributed by atoms with van der Waals surface area (Å²) >= 11 is 2.09. The molecule has 0 aliphatic heterocycles. The van der Waals surface area contributed by atoms with Crippen molar-refractivity contribution in [3.05, 3.63) is 0 Å². The van der Waals surface area contributed by atoms with Crippen molar-refractivity contribution in [1.82, 2.24) is 0 Å². The molecule has 0 bridgehead atoms. The minimum absolute atomic E-state index is 0.355. The van der Waals surface area contributed by atoms with E-state index in [1.807, 2.05) is 0 Å². The van der Waals surface area contributed by atoms with Crippen LogP contribution in [0.2, 0.25) is 0 Å². The second kappa shape index (κ2) is 8.05. The first kappa shape index (κ1) is 17.4. The van der Waals surface area contributed by atoms with Gasteiger partial charge in [-0.3, -0.25) is 0 Å². The van der Waals surface area contributed by atoms with E-state index in [2.05, 4.69) is 35.1 Å². The molecule has 2 saturated carbocycles. The zero-order valence-corrected chi connectivity index (χ0v) is 16.2. The van der Waals surface area contributed by atoms with Crippen molar-refractivity contribution >= 4 is 29.6 Å². The lowest BCUT2D eigenvalue weighted by atomic mass is 9.64. The highest BCUT2D eigenvalue weighted by atomic mass is 127. The lowest BCUT2D eigenvalue weighted by molar-refractivity contribution is 0.0977. The predicted octanol–water partition coefficient (Wildman–Crippen LogP) is 5.89. The molecule has 0 spiro atoms. The van der Waals surface area contributed by atoms with Crippen LogP contribution in [0, 0.1) is 23.2 Å². The van der Waals surface area contributed by atoms with Gasteiger partial charge in [0.25, 0.3) is 0 Å². The summed E-state index contributed by atoms with van der Waals surface area (Å²) in [6, 6.07) is 0. The molecule has 0 aromatic rings. The van der Waals surface area contributed by atoms with Gasteiger partial charge in [-0.25, -0.2) is 0 Å². The van der Waals surface area contributed by atoms with E-state index in [9.17, 15) is 4.55 Å². The van der Waals surface area contributed by atoms with E-state index in [4.69, 9.17) is 0 Å². The predicted molar refractivity (Wildman–Crippen MR) is 97.5 cm³/mol. The summed E-state index contributed by atoms with van der Waals surface area (Å²) in [7, 11) is -0.660. The van der Waals surface area contributed by atoms with E-state index in [1.165, 1.54) is 64.2 Å². The van der Waals surface area contributed by atoms with Crippen molar-refractivity contribution in [2.45, 2.75) is 78.1 Å². The van der Waals surface area contributed by atoms with Gasteiger partial charge in [0.15, 0.2) is 0 Å². The van der Waals surface area contributed by atoms with Crippen molar-refractivity contribution in [2.24, 2.45) is 23.2 Å². The van der Waals surface area contributed by atoms with Crippen LogP contribution in [-0.4, -0.2) is 10.3 Å². The van der Waals surface area contributed by atoms with Gasteiger partial charge in [0, 0.05) is 13.8 Å². The van der Waals surface area contributed by atoms with E-state index in [1.54, 1.807) is 0 Å². The molecule has 3 heteroatoms. The van der Waals surface area contributed by atoms with E-state index >= 15 is 0 Å². The molecule has 20 heavy (non-hydrogen) atoms. The van der Waals surface area contributed by atoms with Gasteiger partial charge in [-0.1, -0.05) is 52.4 Å². The van der Waals surface area contributed by atoms with Crippen LogP contribution in [0.3, 0.4) is 0 Å². The molecule has 1 nitrogen and oxygen atoms in total. The Labute approximate surface area is 140 Å². The molecular weight excluding hydrogens is 379 g/mol. The largest absolute Gasteiger partial charge is 0.609 e. The SMILES string of the molecule is CC[C@H](C1CCCCC1)C1CCC(C)(C[S+]([O-])I)CC1. The van der Waals surface area contributed by atoms with Crippen LogP contribution in [-0.2, 0) is 8.35 Å². The molecule has 2 fully saturated rings. The molecule has 2 rings (SSSR count). The first-order valence-corrected chi connectivity index (χ1v) is 12.4. The highest BCUT2D eigenvalue weighted by Gasteiger charge is 2.38. The van der Waals surface area contributed by atoms with Crippen molar-refractivity contribution in [2.75, 3.05) is 5.75 Å². The highest BCUT2D eigenvalue weighted by molar-refractivity contribution is 14.2. The fourth-order valence-corrected chi connectivity index (χ4v) is 7.89. The Bertz CT molecular complexity index is 281. The second-order valence-corrected chi connectivity index (χ2v) is 11.4. The molecule has 0 saturated heterocycles. The lowest BCUT2D eigenvalue weighted by Crippen LogP contribution is -2.34. The summed E-state index contributed by atoms with van der Waals surface area (Å²) in [5.41, 5.74) is 0.355. The molecular formula is C17H31IOS. The van der Waals surface area contributed by atoms with Gasteiger partial charge in [-0.2, -0.15) is 0 Å². The van der Waals surface area contributed by atoms with Gasteiger partial charge < -0.3 is 4.55 Å². The van der Waals surface area contributed by atoms with Gasteiger partial charge >= 0.3 is 0 Å². The van der Waals surface area contributed by atoms with Gasteiger partial charge in [0.2, 0.25) is 21.2 Å². The Hall–Kier alpha value is 1.04. The maximum absolute atomic E-state index is 11.5. The van der Waals surface area contributed by atoms with Crippen molar-refractivity contribution in [1.29, 1.82) is 0 Å². The molecule has 0 radical (unpaired) electrons. The zero-order chi connectivity index (χ0) is 14.6. The van der Waals surface area contributed by atoms with Crippen LogP contribution >= 0.6 is 21.2 Å². The number of rotatable bonds is 5. The summed E-state index contributed by atoms with van der Waals surface area (Å²) in [6.07, 6.45) is 14.2. The average molecular weight is 410 g/mol. The lowest BCUT2D eigenvalue weighted by Gasteiger charge is -2.42. The molecule has 2 atom stereocenters. The third-order valence-electron chi connectivity index (χ3n) is 6.03. The average Bonchev–Trinajstić information content (AvgIpc) is 2.42. The Morgan fingerprint density at radius 2 is 1.65 bits per heavy atom. The van der Waals surface area contributed by atoms with Gasteiger partial charge in [0.1, 0.15) is 5.75 Å². The van der Waals surface area contributed by atoms with Crippen molar-refractivity contribution in [3.8, 4) is 0 Å². The molecule has 2 aliphatic rings. The Morgan fingerprint density at radius 3 is 2.15 bits per heavy atom. The van der Waals surface area contributed by atoms with Crippen molar-refractivity contribution in [3.63, 3.8) is 0 Å². The van der Waals surface area contributed by atoms with Crippen LogP contribution < -0.4 is 0 Å². The Kier molecular flexibility index (Phi) is 7.00. The molecule has 0 amide bonds. The third kappa shape index (κ3) is 4.77. The summed E-state index contributed by atoms with van der Waals surface area (Å²) in [4.78, 5) is 0. The molecule has 2 aliphatic carbocycles. The molecule has 0 aromatic carbocycles. The summed E-state index contributed by atoms with van der Waals surface area (Å²) in [5, 5.41) is 0. The van der Waals surface area contributed by atoms with E-state index < -0.39 is 8.35 Å². The molecule has 1 unspecified atom stereocenters. The number of hydrogen-bond acceptors (Lipinski definition) is 1. The Balaban J connectivity index is 1.87. The Morgan fingerprint density at radius 1 is 1.10 bits per heavy atom. The number of hydrogen-bond donors (Lipinski definition) is 0. The highest BCUT2D eigenvalue weighted by Crippen LogP contribution is 2.47. The van der Waals surface area contributed by atoms with Gasteiger partial charge in [-0.15, -0.1) is 0 Å². The summed E-state index contributed by atoms with van der Waals surface area (Å²) < 4.78 is 11.5. The van der Waals surface area contributed by atoms with Gasteiger partial charge in [-0.05, 0) is 43.4 Å². The topological polar surface area (TPSA) is 23.1 Å². The van der Waals surface area contributed by atoms with Gasteiger partial charge in [0.05, 0.1) is 0 Å². The van der Waals surface area contributed by atoms with Crippen LogP contribution in [0.15, 0.2) is 0 Å². The second-order valence-electron chi connectivity index (χ2n) is 7.55. The maximum atomic E-state index is 11.5. The fourth-order valence-electron chi connectivity index (χ4n) is 4.80. The van der Waals surface area contributed by atoms with E-state index in [-0.39, 0.29) is 0 Å². The fraction of sp³-hybridized carbons (Fsp3) is 1.00. The van der Waals surface area contributed by atoms with E-state index in [0.717, 1.165) is 23.5 Å². The minimum Gasteiger partial charge on any atom is -0.609 e. The first-order valence-electron chi connectivity index (χ1n) is 8.59.